The zero-order valence-corrected chi connectivity index (χ0v) is 21.0. The van der Waals surface area contributed by atoms with E-state index >= 15 is 0 Å². The molecule has 7 nitrogen and oxygen atoms in total. The van der Waals surface area contributed by atoms with Crippen molar-refractivity contribution in [3.8, 4) is 0 Å². The fourth-order valence-electron chi connectivity index (χ4n) is 6.14. The number of aliphatic hydroxyl groups excluding tert-OH is 1. The predicted octanol–water partition coefficient (Wildman–Crippen LogP) is 3.18. The Labute approximate surface area is 206 Å². The number of para-hydroxylation sites is 1. The van der Waals surface area contributed by atoms with Gasteiger partial charge in [0.05, 0.1) is 16.6 Å². The summed E-state index contributed by atoms with van der Waals surface area (Å²) in [6.07, 6.45) is 5.69. The van der Waals surface area contributed by atoms with Crippen LogP contribution in [-0.4, -0.2) is 63.0 Å². The van der Waals surface area contributed by atoms with E-state index in [1.807, 2.05) is 37.3 Å². The van der Waals surface area contributed by atoms with E-state index in [1.54, 1.807) is 16.7 Å². The van der Waals surface area contributed by atoms with Crippen LogP contribution in [0.15, 0.2) is 30.3 Å². The largest absolute Gasteiger partial charge is 0.396 e. The SMILES string of the molecule is CCCC(C)NC(=O)C1N(CCCCCO)C(=O)[C@@H]2[C@H](C(=O)Nc3ccccc3)[C@@H]3CCC12S3. The summed E-state index contributed by atoms with van der Waals surface area (Å²) >= 11 is 1.70. The maximum atomic E-state index is 13.8. The highest BCUT2D eigenvalue weighted by molar-refractivity contribution is 8.02. The maximum Gasteiger partial charge on any atom is 0.244 e. The molecule has 3 saturated heterocycles. The van der Waals surface area contributed by atoms with Gasteiger partial charge in [0.15, 0.2) is 0 Å². The van der Waals surface area contributed by atoms with E-state index in [2.05, 4.69) is 17.6 Å². The van der Waals surface area contributed by atoms with Crippen molar-refractivity contribution in [3.63, 3.8) is 0 Å². The molecule has 8 heteroatoms. The third kappa shape index (κ3) is 4.59. The minimum absolute atomic E-state index is 0.0417. The Kier molecular flexibility index (Phi) is 7.87. The fraction of sp³-hybridized carbons (Fsp3) is 0.654. The van der Waals surface area contributed by atoms with Crippen molar-refractivity contribution in [2.75, 3.05) is 18.5 Å². The summed E-state index contributed by atoms with van der Waals surface area (Å²) in [5, 5.41) is 15.4. The molecule has 1 aromatic carbocycles. The monoisotopic (exact) mass is 487 g/mol. The topological polar surface area (TPSA) is 98.7 Å². The van der Waals surface area contributed by atoms with Crippen molar-refractivity contribution in [2.24, 2.45) is 11.8 Å². The number of amides is 3. The van der Waals surface area contributed by atoms with Crippen LogP contribution in [0.2, 0.25) is 0 Å². The first kappa shape index (κ1) is 25.0. The molecule has 0 aromatic heterocycles. The molecule has 6 atom stereocenters. The summed E-state index contributed by atoms with van der Waals surface area (Å²) < 4.78 is -0.548. The van der Waals surface area contributed by atoms with Crippen LogP contribution in [0.3, 0.4) is 0 Å². The molecule has 3 heterocycles. The number of anilines is 1. The predicted molar refractivity (Wildman–Crippen MR) is 134 cm³/mol. The highest BCUT2D eigenvalue weighted by Crippen LogP contribution is 2.66. The second-order valence-corrected chi connectivity index (χ2v) is 11.5. The van der Waals surface area contributed by atoms with Crippen molar-refractivity contribution in [3.05, 3.63) is 30.3 Å². The second kappa shape index (κ2) is 10.7. The van der Waals surface area contributed by atoms with Gasteiger partial charge in [-0.1, -0.05) is 31.5 Å². The number of thioether (sulfide) groups is 1. The maximum absolute atomic E-state index is 13.8. The van der Waals surface area contributed by atoms with E-state index in [4.69, 9.17) is 5.11 Å². The second-order valence-electron chi connectivity index (χ2n) is 9.93. The number of fused-ring (bicyclic) bond motifs is 1. The summed E-state index contributed by atoms with van der Waals surface area (Å²) in [6.45, 7) is 4.70. The van der Waals surface area contributed by atoms with Crippen LogP contribution in [-0.2, 0) is 14.4 Å². The first-order chi connectivity index (χ1) is 16.4. The lowest BCUT2D eigenvalue weighted by atomic mass is 9.70. The molecule has 3 fully saturated rings. The lowest BCUT2D eigenvalue weighted by Gasteiger charge is -2.35. The van der Waals surface area contributed by atoms with Crippen LogP contribution in [0.5, 0.6) is 0 Å². The van der Waals surface area contributed by atoms with E-state index in [0.717, 1.165) is 44.2 Å². The summed E-state index contributed by atoms with van der Waals surface area (Å²) in [7, 11) is 0. The Morgan fingerprint density at radius 2 is 1.97 bits per heavy atom. The summed E-state index contributed by atoms with van der Waals surface area (Å²) in [5.41, 5.74) is 0.725. The van der Waals surface area contributed by atoms with Crippen LogP contribution < -0.4 is 10.6 Å². The molecule has 3 aliphatic rings. The number of unbranched alkanes of at least 4 members (excludes halogenated alkanes) is 2. The van der Waals surface area contributed by atoms with Gasteiger partial charge in [0.2, 0.25) is 17.7 Å². The molecule has 1 spiro atoms. The van der Waals surface area contributed by atoms with Gasteiger partial charge in [0.25, 0.3) is 0 Å². The van der Waals surface area contributed by atoms with Crippen molar-refractivity contribution < 1.29 is 19.5 Å². The van der Waals surface area contributed by atoms with Crippen LogP contribution >= 0.6 is 11.8 Å². The lowest BCUT2D eigenvalue weighted by molar-refractivity contribution is -0.139. The van der Waals surface area contributed by atoms with Gasteiger partial charge in [0.1, 0.15) is 6.04 Å². The smallest absolute Gasteiger partial charge is 0.244 e. The number of likely N-dealkylation sites (tertiary alicyclic amines) is 1. The molecule has 34 heavy (non-hydrogen) atoms. The average molecular weight is 488 g/mol. The molecule has 186 valence electrons. The van der Waals surface area contributed by atoms with Gasteiger partial charge >= 0.3 is 0 Å². The average Bonchev–Trinajstić information content (AvgIpc) is 3.45. The van der Waals surface area contributed by atoms with Crippen molar-refractivity contribution >= 4 is 35.2 Å². The Morgan fingerprint density at radius 1 is 1.21 bits per heavy atom. The molecule has 3 aliphatic heterocycles. The number of carbonyl (C=O) groups is 3. The molecule has 4 rings (SSSR count). The fourth-order valence-corrected chi connectivity index (χ4v) is 8.36. The van der Waals surface area contributed by atoms with Crippen LogP contribution in [0.1, 0.15) is 58.8 Å². The summed E-state index contributed by atoms with van der Waals surface area (Å²) in [5.74, 6) is -1.18. The number of carbonyl (C=O) groups excluding carboxylic acids is 3. The summed E-state index contributed by atoms with van der Waals surface area (Å²) in [6, 6.07) is 8.84. The minimum Gasteiger partial charge on any atom is -0.396 e. The number of rotatable bonds is 11. The number of nitrogens with one attached hydrogen (secondary N) is 2. The molecule has 0 saturated carbocycles. The number of hydrogen-bond donors (Lipinski definition) is 3. The molecular weight excluding hydrogens is 450 g/mol. The van der Waals surface area contributed by atoms with Gasteiger partial charge in [-0.2, -0.15) is 0 Å². The molecule has 3 unspecified atom stereocenters. The minimum atomic E-state index is -0.553. The lowest BCUT2D eigenvalue weighted by Crippen LogP contribution is -2.55. The molecular formula is C26H37N3O4S. The molecule has 2 bridgehead atoms. The molecule has 1 aromatic rings. The van der Waals surface area contributed by atoms with E-state index in [9.17, 15) is 14.4 Å². The Bertz CT molecular complexity index is 897. The number of nitrogens with zero attached hydrogens (tertiary/aromatic N) is 1. The van der Waals surface area contributed by atoms with Crippen LogP contribution in [0, 0.1) is 11.8 Å². The van der Waals surface area contributed by atoms with Crippen LogP contribution in [0.25, 0.3) is 0 Å². The van der Waals surface area contributed by atoms with Gasteiger partial charge in [0, 0.05) is 30.1 Å². The first-order valence-corrected chi connectivity index (χ1v) is 13.6. The highest BCUT2D eigenvalue weighted by atomic mass is 32.2. The third-order valence-electron chi connectivity index (χ3n) is 7.56. The van der Waals surface area contributed by atoms with Gasteiger partial charge in [-0.25, -0.2) is 0 Å². The normalized spacial score (nSPS) is 30.3. The van der Waals surface area contributed by atoms with E-state index < -0.39 is 22.6 Å². The van der Waals surface area contributed by atoms with E-state index in [1.165, 1.54) is 0 Å². The van der Waals surface area contributed by atoms with Crippen molar-refractivity contribution in [1.29, 1.82) is 0 Å². The van der Waals surface area contributed by atoms with Gasteiger partial charge in [-0.05, 0) is 57.6 Å². The zero-order valence-electron chi connectivity index (χ0n) is 20.2. The highest BCUT2D eigenvalue weighted by Gasteiger charge is 2.73. The van der Waals surface area contributed by atoms with Gasteiger partial charge in [-0.3, -0.25) is 14.4 Å². The quantitative estimate of drug-likeness (QED) is 0.417. The van der Waals surface area contributed by atoms with Crippen LogP contribution in [0.4, 0.5) is 5.69 Å². The Hall–Kier alpha value is -2.06. The molecule has 3 amide bonds. The Morgan fingerprint density at radius 3 is 2.68 bits per heavy atom. The molecule has 0 aliphatic carbocycles. The number of aliphatic hydroxyl groups is 1. The summed E-state index contributed by atoms with van der Waals surface area (Å²) in [4.78, 5) is 42.6. The van der Waals surface area contributed by atoms with Crippen molar-refractivity contribution in [2.45, 2.75) is 80.9 Å². The van der Waals surface area contributed by atoms with E-state index in [-0.39, 0.29) is 35.6 Å². The number of benzene rings is 1. The van der Waals surface area contributed by atoms with Gasteiger partial charge in [-0.15, -0.1) is 11.8 Å². The van der Waals surface area contributed by atoms with E-state index in [0.29, 0.717) is 13.0 Å². The molecule has 3 N–H and O–H groups in total. The standard InChI is InChI=1S/C26H37N3O4S/c1-3-10-17(2)27-24(32)22-26-14-13-19(34-26)20(23(31)28-18-11-6-4-7-12-18)21(26)25(33)29(22)15-8-5-9-16-30/h4,6-7,11-12,17,19-22,30H,3,5,8-10,13-16H2,1-2H3,(H,27,32)(H,28,31)/t17?,19-,20+,21-,22?,26?/m0/s1. The Balaban J connectivity index is 1.60. The first-order valence-electron chi connectivity index (χ1n) is 12.7. The van der Waals surface area contributed by atoms with Crippen molar-refractivity contribution in [1.82, 2.24) is 10.2 Å². The third-order valence-corrected chi connectivity index (χ3v) is 9.51. The number of hydrogen-bond acceptors (Lipinski definition) is 5. The molecule has 0 radical (unpaired) electrons. The zero-order chi connectivity index (χ0) is 24.3. The van der Waals surface area contributed by atoms with Gasteiger partial charge < -0.3 is 20.6 Å².